The van der Waals surface area contributed by atoms with Crippen molar-refractivity contribution in [2.24, 2.45) is 14.1 Å². The monoisotopic (exact) mass is 460 g/mol. The lowest BCUT2D eigenvalue weighted by molar-refractivity contribution is 0.714. The molecule has 0 saturated heterocycles. The molecule has 30 heavy (non-hydrogen) atoms. The second kappa shape index (κ2) is 6.81. The van der Waals surface area contributed by atoms with Crippen LogP contribution in [0, 0.1) is 0 Å². The van der Waals surface area contributed by atoms with E-state index in [1.165, 1.54) is 11.6 Å². The Morgan fingerprint density at radius 2 is 1.67 bits per heavy atom. The van der Waals surface area contributed by atoms with Crippen molar-refractivity contribution in [3.8, 4) is 16.9 Å². The van der Waals surface area contributed by atoms with Crippen LogP contribution in [-0.4, -0.2) is 18.7 Å². The first kappa shape index (κ1) is 18.6. The van der Waals surface area contributed by atoms with Crippen molar-refractivity contribution in [1.29, 1.82) is 0 Å². The highest BCUT2D eigenvalue weighted by Crippen LogP contribution is 2.36. The Morgan fingerprint density at radius 3 is 2.47 bits per heavy atom. The summed E-state index contributed by atoms with van der Waals surface area (Å²) in [7, 11) is 3.18. The molecule has 0 spiro atoms. The Kier molecular flexibility index (Phi) is 4.22. The zero-order valence-corrected chi connectivity index (χ0v) is 17.9. The summed E-state index contributed by atoms with van der Waals surface area (Å²) in [4.78, 5) is 30.4. The highest BCUT2D eigenvalue weighted by molar-refractivity contribution is 9.10. The number of nitrogens with zero attached hydrogens (tertiary/aromatic N) is 4. The van der Waals surface area contributed by atoms with Crippen LogP contribution in [-0.2, 0) is 14.1 Å². The summed E-state index contributed by atoms with van der Waals surface area (Å²) in [6.07, 6.45) is 3.60. The van der Waals surface area contributed by atoms with Gasteiger partial charge in [0.2, 0.25) is 0 Å². The summed E-state index contributed by atoms with van der Waals surface area (Å²) in [5, 5.41) is 1.48. The molecule has 3 heterocycles. The predicted octanol–water partition coefficient (Wildman–Crippen LogP) is 4.01. The van der Waals surface area contributed by atoms with Gasteiger partial charge < -0.3 is 4.57 Å². The number of aromatic nitrogens is 4. The fourth-order valence-electron chi connectivity index (χ4n) is 3.93. The average molecular weight is 461 g/mol. The maximum atomic E-state index is 13.2. The van der Waals surface area contributed by atoms with Crippen molar-refractivity contribution in [3.63, 3.8) is 0 Å². The van der Waals surface area contributed by atoms with Crippen LogP contribution in [0.4, 0.5) is 0 Å². The number of fused-ring (bicyclic) bond motifs is 2. The predicted molar refractivity (Wildman–Crippen MR) is 122 cm³/mol. The first-order valence-corrected chi connectivity index (χ1v) is 10.2. The van der Waals surface area contributed by atoms with E-state index in [4.69, 9.17) is 0 Å². The van der Waals surface area contributed by atoms with Crippen LogP contribution in [0.15, 0.2) is 81.1 Å². The van der Waals surface area contributed by atoms with E-state index in [-0.39, 0.29) is 11.2 Å². The smallest absolute Gasteiger partial charge is 0.311 e. The van der Waals surface area contributed by atoms with E-state index in [2.05, 4.69) is 20.9 Å². The fourth-order valence-corrected chi connectivity index (χ4v) is 4.40. The average Bonchev–Trinajstić information content (AvgIpc) is 3.16. The molecule has 0 aliphatic heterocycles. The van der Waals surface area contributed by atoms with Gasteiger partial charge in [-0.1, -0.05) is 52.3 Å². The largest absolute Gasteiger partial charge is 0.330 e. The summed E-state index contributed by atoms with van der Waals surface area (Å²) < 4.78 is 5.47. The molecule has 0 unspecified atom stereocenters. The van der Waals surface area contributed by atoms with Gasteiger partial charge in [-0.3, -0.25) is 18.9 Å². The molecule has 6 nitrogen and oxygen atoms in total. The number of halogens is 1. The van der Waals surface area contributed by atoms with E-state index in [0.717, 1.165) is 31.2 Å². The summed E-state index contributed by atoms with van der Waals surface area (Å²) in [5.41, 5.74) is 3.11. The lowest BCUT2D eigenvalue weighted by atomic mass is 10.1. The number of pyridine rings is 1. The fraction of sp³-hybridized carbons (Fsp3) is 0.0870. The maximum absolute atomic E-state index is 13.2. The van der Waals surface area contributed by atoms with Gasteiger partial charge in [0.1, 0.15) is 0 Å². The Hall–Kier alpha value is -3.45. The minimum atomic E-state index is -0.362. The Balaban J connectivity index is 2.04. The number of hydrogen-bond acceptors (Lipinski definition) is 3. The van der Waals surface area contributed by atoms with E-state index >= 15 is 0 Å². The highest BCUT2D eigenvalue weighted by Gasteiger charge is 2.22. The third-order valence-corrected chi connectivity index (χ3v) is 6.13. The van der Waals surface area contributed by atoms with Crippen molar-refractivity contribution in [2.75, 3.05) is 0 Å². The summed E-state index contributed by atoms with van der Waals surface area (Å²) in [6.45, 7) is 0. The van der Waals surface area contributed by atoms with E-state index in [1.54, 1.807) is 13.2 Å². The third kappa shape index (κ3) is 2.59. The summed E-state index contributed by atoms with van der Waals surface area (Å²) >= 11 is 3.63. The molecule has 0 aliphatic rings. The van der Waals surface area contributed by atoms with Gasteiger partial charge in [0.25, 0.3) is 5.56 Å². The lowest BCUT2D eigenvalue weighted by Gasteiger charge is -2.13. The highest BCUT2D eigenvalue weighted by atomic mass is 79.9. The van der Waals surface area contributed by atoms with Crippen LogP contribution in [0.3, 0.4) is 0 Å². The van der Waals surface area contributed by atoms with Crippen molar-refractivity contribution in [1.82, 2.24) is 18.7 Å². The molecule has 0 aliphatic carbocycles. The first-order chi connectivity index (χ1) is 14.5. The molecule has 5 aromatic rings. The molecule has 0 N–H and O–H groups in total. The van der Waals surface area contributed by atoms with Gasteiger partial charge in [-0.25, -0.2) is 4.79 Å². The Bertz CT molecular complexity index is 1570. The molecule has 148 valence electrons. The molecule has 0 bridgehead atoms. The molecule has 0 atom stereocenters. The number of hydrogen-bond donors (Lipinski definition) is 0. The number of rotatable bonds is 2. The molecule has 0 radical (unpaired) electrons. The van der Waals surface area contributed by atoms with E-state index in [1.807, 2.05) is 65.4 Å². The van der Waals surface area contributed by atoms with E-state index < -0.39 is 0 Å². The molecule has 5 rings (SSSR count). The summed E-state index contributed by atoms with van der Waals surface area (Å²) in [5.74, 6) is 0. The maximum Gasteiger partial charge on any atom is 0.330 e. The number of aryl methyl sites for hydroxylation is 1. The zero-order chi connectivity index (χ0) is 21.0. The number of benzene rings is 2. The van der Waals surface area contributed by atoms with Gasteiger partial charge in [-0.2, -0.15) is 0 Å². The molecule has 3 aromatic heterocycles. The molecule has 0 fully saturated rings. The first-order valence-electron chi connectivity index (χ1n) is 9.39. The van der Waals surface area contributed by atoms with Crippen molar-refractivity contribution in [3.05, 3.63) is 92.3 Å². The van der Waals surface area contributed by atoms with E-state index in [9.17, 15) is 9.59 Å². The van der Waals surface area contributed by atoms with Crippen LogP contribution in [0.2, 0.25) is 0 Å². The normalized spacial score (nSPS) is 11.4. The third-order valence-electron chi connectivity index (χ3n) is 5.44. The molecule has 0 amide bonds. The topological polar surface area (TPSA) is 61.8 Å². The minimum absolute atomic E-state index is 0.328. The lowest BCUT2D eigenvalue weighted by Crippen LogP contribution is -2.36. The van der Waals surface area contributed by atoms with Crippen LogP contribution in [0.25, 0.3) is 38.8 Å². The van der Waals surface area contributed by atoms with Crippen molar-refractivity contribution >= 4 is 37.7 Å². The van der Waals surface area contributed by atoms with Crippen molar-refractivity contribution in [2.45, 2.75) is 0 Å². The van der Waals surface area contributed by atoms with Crippen LogP contribution >= 0.6 is 15.9 Å². The van der Waals surface area contributed by atoms with Gasteiger partial charge in [-0.05, 0) is 18.2 Å². The molecule has 2 aromatic carbocycles. The standard InChI is InChI=1S/C23H17BrN4O2/c1-26-18-13-28(17-11-5-7-14-8-6-12-25-20(14)17)21(15-9-3-4-10-16(15)24)19(18)22(29)27(2)23(26)30/h3-13H,1-2H3. The zero-order valence-electron chi connectivity index (χ0n) is 16.3. The second-order valence-corrected chi connectivity index (χ2v) is 8.00. The quantitative estimate of drug-likeness (QED) is 0.399. The van der Waals surface area contributed by atoms with E-state index in [0.29, 0.717) is 16.6 Å². The van der Waals surface area contributed by atoms with Crippen molar-refractivity contribution < 1.29 is 0 Å². The van der Waals surface area contributed by atoms with Crippen LogP contribution < -0.4 is 11.2 Å². The van der Waals surface area contributed by atoms with Crippen LogP contribution in [0.1, 0.15) is 0 Å². The SMILES string of the molecule is Cn1c(=O)c2c(-c3ccccc3Br)n(-c3cccc4cccnc34)cc2n(C)c1=O. The Morgan fingerprint density at radius 1 is 0.900 bits per heavy atom. The Labute approximate surface area is 179 Å². The van der Waals surface area contributed by atoms with Gasteiger partial charge in [-0.15, -0.1) is 0 Å². The molecular weight excluding hydrogens is 444 g/mol. The van der Waals surface area contributed by atoms with Gasteiger partial charge in [0.15, 0.2) is 0 Å². The van der Waals surface area contributed by atoms with Gasteiger partial charge in [0.05, 0.1) is 27.8 Å². The van der Waals surface area contributed by atoms with Gasteiger partial charge in [0, 0.05) is 41.9 Å². The summed E-state index contributed by atoms with van der Waals surface area (Å²) in [6, 6.07) is 17.6. The molecular formula is C23H17BrN4O2. The molecule has 0 saturated carbocycles. The number of para-hydroxylation sites is 1. The minimum Gasteiger partial charge on any atom is -0.311 e. The van der Waals surface area contributed by atoms with Gasteiger partial charge >= 0.3 is 5.69 Å². The van der Waals surface area contributed by atoms with Crippen LogP contribution in [0.5, 0.6) is 0 Å². The second-order valence-electron chi connectivity index (χ2n) is 7.15. The molecule has 7 heteroatoms.